The summed E-state index contributed by atoms with van der Waals surface area (Å²) in [4.78, 5) is 11.8. The maximum Gasteiger partial charge on any atom is 0.249 e. The Bertz CT molecular complexity index is 401. The van der Waals surface area contributed by atoms with Crippen molar-refractivity contribution in [3.8, 4) is 0 Å². The third-order valence-corrected chi connectivity index (χ3v) is 3.26. The van der Waals surface area contributed by atoms with Crippen LogP contribution in [0.1, 0.15) is 25.3 Å². The number of aliphatic hydroxyl groups excluding tert-OH is 1. The molecule has 98 valence electrons. The maximum atomic E-state index is 11.8. The van der Waals surface area contributed by atoms with Crippen molar-refractivity contribution < 1.29 is 14.6 Å². The van der Waals surface area contributed by atoms with E-state index in [2.05, 4.69) is 5.32 Å². The molecule has 1 aliphatic rings. The first-order valence-electron chi connectivity index (χ1n) is 6.24. The number of hydrogen-bond acceptors (Lipinski definition) is 3. The number of nitrogens with one attached hydrogen (secondary N) is 1. The van der Waals surface area contributed by atoms with Gasteiger partial charge in [-0.15, -0.1) is 0 Å². The Morgan fingerprint density at radius 3 is 2.67 bits per heavy atom. The van der Waals surface area contributed by atoms with Crippen LogP contribution in [0, 0.1) is 0 Å². The van der Waals surface area contributed by atoms with Crippen LogP contribution in [-0.4, -0.2) is 29.3 Å². The van der Waals surface area contributed by atoms with Crippen LogP contribution in [0.25, 0.3) is 0 Å². The highest BCUT2D eigenvalue weighted by atomic mass is 16.5. The number of carbonyl (C=O) groups is 1. The van der Waals surface area contributed by atoms with E-state index in [0.717, 1.165) is 18.4 Å². The van der Waals surface area contributed by atoms with Crippen LogP contribution in [0.15, 0.2) is 30.3 Å². The van der Waals surface area contributed by atoms with Crippen molar-refractivity contribution in [2.75, 3.05) is 6.61 Å². The minimum absolute atomic E-state index is 0.00411. The molecular weight excluding hydrogens is 230 g/mol. The second-order valence-corrected chi connectivity index (χ2v) is 4.87. The largest absolute Gasteiger partial charge is 0.394 e. The summed E-state index contributed by atoms with van der Waals surface area (Å²) in [7, 11) is 0. The fraction of sp³-hybridized carbons (Fsp3) is 0.500. The van der Waals surface area contributed by atoms with Gasteiger partial charge in [0, 0.05) is 0 Å². The lowest BCUT2D eigenvalue weighted by atomic mass is 10.2. The first kappa shape index (κ1) is 13.1. The molecular formula is C14H19NO3. The van der Waals surface area contributed by atoms with E-state index in [1.165, 1.54) is 0 Å². The van der Waals surface area contributed by atoms with E-state index in [0.29, 0.717) is 6.61 Å². The summed E-state index contributed by atoms with van der Waals surface area (Å²) in [6.45, 7) is 2.15. The highest BCUT2D eigenvalue weighted by Crippen LogP contribution is 2.34. The summed E-state index contributed by atoms with van der Waals surface area (Å²) in [5.41, 5.74) is 0.669. The molecule has 4 nitrogen and oxygen atoms in total. The van der Waals surface area contributed by atoms with Crippen molar-refractivity contribution in [1.29, 1.82) is 0 Å². The number of benzene rings is 1. The normalized spacial score (nSPS) is 18.1. The molecule has 1 aliphatic carbocycles. The van der Waals surface area contributed by atoms with Gasteiger partial charge in [-0.2, -0.15) is 0 Å². The summed E-state index contributed by atoms with van der Waals surface area (Å²) in [6, 6.07) is 9.74. The quantitative estimate of drug-likeness (QED) is 0.797. The molecule has 1 unspecified atom stereocenters. The molecule has 1 fully saturated rings. The lowest BCUT2D eigenvalue weighted by molar-refractivity contribution is -0.133. The average molecular weight is 249 g/mol. The van der Waals surface area contributed by atoms with Gasteiger partial charge in [0.15, 0.2) is 0 Å². The van der Waals surface area contributed by atoms with Crippen molar-refractivity contribution in [2.24, 2.45) is 0 Å². The first-order chi connectivity index (χ1) is 8.65. The Kier molecular flexibility index (Phi) is 3.99. The molecule has 0 saturated heterocycles. The van der Waals surface area contributed by atoms with Gasteiger partial charge >= 0.3 is 0 Å². The molecule has 1 amide bonds. The molecule has 2 rings (SSSR count). The summed E-state index contributed by atoms with van der Waals surface area (Å²) >= 11 is 0. The van der Waals surface area contributed by atoms with Gasteiger partial charge in [-0.25, -0.2) is 0 Å². The zero-order valence-corrected chi connectivity index (χ0v) is 10.6. The van der Waals surface area contributed by atoms with E-state index in [-0.39, 0.29) is 18.1 Å². The number of hydrogen-bond donors (Lipinski definition) is 2. The Balaban J connectivity index is 1.77. The van der Waals surface area contributed by atoms with E-state index in [1.54, 1.807) is 6.92 Å². The fourth-order valence-electron chi connectivity index (χ4n) is 1.71. The van der Waals surface area contributed by atoms with Crippen molar-refractivity contribution in [3.63, 3.8) is 0 Å². The second-order valence-electron chi connectivity index (χ2n) is 4.87. The van der Waals surface area contributed by atoms with Gasteiger partial charge in [0.25, 0.3) is 0 Å². The summed E-state index contributed by atoms with van der Waals surface area (Å²) < 4.78 is 5.51. The van der Waals surface area contributed by atoms with E-state index in [9.17, 15) is 4.79 Å². The van der Waals surface area contributed by atoms with Crippen LogP contribution in [0.4, 0.5) is 0 Å². The van der Waals surface area contributed by atoms with E-state index < -0.39 is 6.10 Å². The molecule has 0 spiro atoms. The van der Waals surface area contributed by atoms with Crippen molar-refractivity contribution in [3.05, 3.63) is 35.9 Å². The standard InChI is InChI=1S/C14H19NO3/c1-11(13(17)15-14(10-16)7-8-14)18-9-12-5-3-2-4-6-12/h2-6,11,16H,7-10H2,1H3,(H,15,17). The molecule has 18 heavy (non-hydrogen) atoms. The fourth-order valence-corrected chi connectivity index (χ4v) is 1.71. The van der Waals surface area contributed by atoms with Gasteiger partial charge in [0.1, 0.15) is 6.10 Å². The third kappa shape index (κ3) is 3.31. The minimum Gasteiger partial charge on any atom is -0.394 e. The zero-order chi connectivity index (χ0) is 13.0. The highest BCUT2D eigenvalue weighted by Gasteiger charge is 2.44. The van der Waals surface area contributed by atoms with Gasteiger partial charge in [0.2, 0.25) is 5.91 Å². The van der Waals surface area contributed by atoms with Gasteiger partial charge in [-0.1, -0.05) is 30.3 Å². The number of rotatable bonds is 6. The Morgan fingerprint density at radius 1 is 1.44 bits per heavy atom. The zero-order valence-electron chi connectivity index (χ0n) is 10.6. The topological polar surface area (TPSA) is 58.6 Å². The molecule has 0 radical (unpaired) electrons. The van der Waals surface area contributed by atoms with Gasteiger partial charge in [-0.3, -0.25) is 4.79 Å². The van der Waals surface area contributed by atoms with E-state index in [4.69, 9.17) is 9.84 Å². The number of aliphatic hydroxyl groups is 1. The van der Waals surface area contributed by atoms with Gasteiger partial charge in [-0.05, 0) is 25.3 Å². The molecule has 0 aliphatic heterocycles. The van der Waals surface area contributed by atoms with Crippen LogP contribution in [0.3, 0.4) is 0 Å². The summed E-state index contributed by atoms with van der Waals surface area (Å²) in [5, 5.41) is 12.0. The van der Waals surface area contributed by atoms with Crippen LogP contribution >= 0.6 is 0 Å². The molecule has 0 bridgehead atoms. The summed E-state index contributed by atoms with van der Waals surface area (Å²) in [5.74, 6) is -0.155. The van der Waals surface area contributed by atoms with Crippen LogP contribution in [0.5, 0.6) is 0 Å². The molecule has 2 N–H and O–H groups in total. The number of carbonyl (C=O) groups excluding carboxylic acids is 1. The Labute approximate surface area is 107 Å². The Morgan fingerprint density at radius 2 is 2.11 bits per heavy atom. The van der Waals surface area contributed by atoms with Crippen LogP contribution < -0.4 is 5.32 Å². The Hall–Kier alpha value is -1.39. The lowest BCUT2D eigenvalue weighted by Gasteiger charge is -2.18. The molecule has 1 atom stereocenters. The molecule has 0 aromatic heterocycles. The monoisotopic (exact) mass is 249 g/mol. The molecule has 0 heterocycles. The maximum absolute atomic E-state index is 11.8. The predicted octanol–water partition coefficient (Wildman–Crippen LogP) is 1.23. The van der Waals surface area contributed by atoms with Crippen LogP contribution in [-0.2, 0) is 16.1 Å². The SMILES string of the molecule is CC(OCc1ccccc1)C(=O)NC1(CO)CC1. The highest BCUT2D eigenvalue weighted by molar-refractivity contribution is 5.81. The van der Waals surface area contributed by atoms with Gasteiger partial charge < -0.3 is 15.2 Å². The third-order valence-electron chi connectivity index (χ3n) is 3.26. The molecule has 1 aromatic carbocycles. The molecule has 1 aromatic rings. The predicted molar refractivity (Wildman–Crippen MR) is 67.9 cm³/mol. The van der Waals surface area contributed by atoms with E-state index in [1.807, 2.05) is 30.3 Å². The first-order valence-corrected chi connectivity index (χ1v) is 6.24. The van der Waals surface area contributed by atoms with Crippen molar-refractivity contribution >= 4 is 5.91 Å². The number of amides is 1. The van der Waals surface area contributed by atoms with Crippen molar-refractivity contribution in [2.45, 2.75) is 38.0 Å². The second kappa shape index (κ2) is 5.50. The van der Waals surface area contributed by atoms with Gasteiger partial charge in [0.05, 0.1) is 18.8 Å². The van der Waals surface area contributed by atoms with Crippen LogP contribution in [0.2, 0.25) is 0 Å². The van der Waals surface area contributed by atoms with E-state index >= 15 is 0 Å². The number of ether oxygens (including phenoxy) is 1. The summed E-state index contributed by atoms with van der Waals surface area (Å²) in [6.07, 6.45) is 1.19. The molecule has 1 saturated carbocycles. The lowest BCUT2D eigenvalue weighted by Crippen LogP contribution is -2.44. The average Bonchev–Trinajstić information content (AvgIpc) is 3.17. The minimum atomic E-state index is -0.505. The molecule has 4 heteroatoms. The smallest absolute Gasteiger partial charge is 0.249 e. The van der Waals surface area contributed by atoms with Crippen molar-refractivity contribution in [1.82, 2.24) is 5.32 Å².